The molecule has 0 radical (unpaired) electrons. The van der Waals surface area contributed by atoms with Gasteiger partial charge in [0, 0.05) is 5.02 Å². The molecular weight excluding hydrogens is 375 g/mol. The largest absolute Gasteiger partial charge is 0.493 e. The molecule has 142 valence electrons. The van der Waals surface area contributed by atoms with Crippen molar-refractivity contribution in [1.29, 1.82) is 0 Å². The van der Waals surface area contributed by atoms with Crippen molar-refractivity contribution in [2.75, 3.05) is 14.2 Å². The zero-order valence-corrected chi connectivity index (χ0v) is 15.8. The van der Waals surface area contributed by atoms with E-state index in [2.05, 4.69) is 5.32 Å². The molecule has 0 saturated carbocycles. The van der Waals surface area contributed by atoms with Crippen molar-refractivity contribution in [3.05, 3.63) is 58.4 Å². The molecule has 3 rings (SSSR count). The van der Waals surface area contributed by atoms with E-state index in [9.17, 15) is 14.0 Å². The van der Waals surface area contributed by atoms with Crippen LogP contribution in [0.3, 0.4) is 0 Å². The Labute approximate surface area is 160 Å². The maximum Gasteiger partial charge on any atom is 0.325 e. The molecule has 2 aromatic carbocycles. The van der Waals surface area contributed by atoms with E-state index < -0.39 is 23.3 Å². The minimum atomic E-state index is -1.27. The van der Waals surface area contributed by atoms with E-state index in [1.165, 1.54) is 26.4 Å². The number of benzene rings is 2. The number of methoxy groups -OCH3 is 2. The molecule has 1 N–H and O–H groups in total. The molecule has 1 saturated heterocycles. The van der Waals surface area contributed by atoms with Gasteiger partial charge in [0.1, 0.15) is 11.4 Å². The molecule has 0 aliphatic carbocycles. The van der Waals surface area contributed by atoms with Gasteiger partial charge in [0.2, 0.25) is 0 Å². The summed E-state index contributed by atoms with van der Waals surface area (Å²) in [4.78, 5) is 26.5. The van der Waals surface area contributed by atoms with Crippen LogP contribution in [0.15, 0.2) is 36.4 Å². The molecule has 0 spiro atoms. The zero-order valence-electron chi connectivity index (χ0n) is 15.0. The topological polar surface area (TPSA) is 67.9 Å². The third-order valence-corrected chi connectivity index (χ3v) is 4.93. The second-order valence-electron chi connectivity index (χ2n) is 6.25. The smallest absolute Gasteiger partial charge is 0.325 e. The molecule has 8 heteroatoms. The summed E-state index contributed by atoms with van der Waals surface area (Å²) in [5.41, 5.74) is -0.257. The minimum absolute atomic E-state index is 0.0628. The lowest BCUT2D eigenvalue weighted by Gasteiger charge is -2.23. The number of hydrogen-bond donors (Lipinski definition) is 1. The molecule has 0 bridgehead atoms. The van der Waals surface area contributed by atoms with Crippen LogP contribution in [-0.4, -0.2) is 31.1 Å². The fraction of sp³-hybridized carbons (Fsp3) is 0.263. The van der Waals surface area contributed by atoms with Crippen LogP contribution in [0.4, 0.5) is 9.18 Å². The summed E-state index contributed by atoms with van der Waals surface area (Å²) in [5, 5.41) is 2.86. The Morgan fingerprint density at radius 1 is 1.11 bits per heavy atom. The van der Waals surface area contributed by atoms with E-state index in [0.717, 1.165) is 11.0 Å². The standard InChI is InChI=1S/C19H18ClFN2O4/c1-19(12-5-7-15(26-2)16(8-12)27-3)17(24)23(18(25)22-19)10-11-4-6-13(21)9-14(11)20/h4-9H,10H2,1-3H3,(H,22,25)/t19-/m1/s1. The third kappa shape index (κ3) is 3.30. The molecule has 0 unspecified atom stereocenters. The first-order chi connectivity index (χ1) is 12.8. The van der Waals surface area contributed by atoms with Crippen LogP contribution in [0.2, 0.25) is 5.02 Å². The SMILES string of the molecule is COc1ccc([C@@]2(C)NC(=O)N(Cc3ccc(F)cc3Cl)C2=O)cc1OC. The van der Waals surface area contributed by atoms with Crippen LogP contribution in [0, 0.1) is 5.82 Å². The lowest BCUT2D eigenvalue weighted by atomic mass is 9.91. The summed E-state index contributed by atoms with van der Waals surface area (Å²) in [6.07, 6.45) is 0. The number of halogens is 2. The monoisotopic (exact) mass is 392 g/mol. The maximum atomic E-state index is 13.2. The van der Waals surface area contributed by atoms with Gasteiger partial charge in [0.25, 0.3) is 5.91 Å². The predicted molar refractivity (Wildman–Crippen MR) is 97.4 cm³/mol. The van der Waals surface area contributed by atoms with Gasteiger partial charge in [-0.15, -0.1) is 0 Å². The second kappa shape index (κ2) is 7.08. The number of carbonyl (C=O) groups is 2. The van der Waals surface area contributed by atoms with Crippen molar-refractivity contribution in [3.63, 3.8) is 0 Å². The zero-order chi connectivity index (χ0) is 19.8. The van der Waals surface area contributed by atoms with Gasteiger partial charge in [-0.05, 0) is 42.3 Å². The van der Waals surface area contributed by atoms with E-state index in [1.807, 2.05) is 0 Å². The van der Waals surface area contributed by atoms with Gasteiger partial charge in [-0.2, -0.15) is 0 Å². The van der Waals surface area contributed by atoms with Gasteiger partial charge in [-0.1, -0.05) is 23.7 Å². The summed E-state index contributed by atoms with van der Waals surface area (Å²) in [6.45, 7) is 1.55. The maximum absolute atomic E-state index is 13.2. The molecule has 27 heavy (non-hydrogen) atoms. The Hall–Kier alpha value is -2.80. The lowest BCUT2D eigenvalue weighted by molar-refractivity contribution is -0.131. The van der Waals surface area contributed by atoms with Gasteiger partial charge < -0.3 is 14.8 Å². The van der Waals surface area contributed by atoms with Crippen molar-refractivity contribution in [2.24, 2.45) is 0 Å². The highest BCUT2D eigenvalue weighted by Crippen LogP contribution is 2.36. The molecule has 0 aromatic heterocycles. The van der Waals surface area contributed by atoms with Crippen LogP contribution >= 0.6 is 11.6 Å². The molecule has 1 atom stereocenters. The van der Waals surface area contributed by atoms with Gasteiger partial charge in [-0.3, -0.25) is 9.69 Å². The molecule has 6 nitrogen and oxygen atoms in total. The number of rotatable bonds is 5. The number of amides is 3. The first-order valence-electron chi connectivity index (χ1n) is 8.10. The number of urea groups is 1. The van der Waals surface area contributed by atoms with Crippen LogP contribution in [0.1, 0.15) is 18.1 Å². The van der Waals surface area contributed by atoms with Crippen LogP contribution in [0.25, 0.3) is 0 Å². The molecule has 1 aliphatic heterocycles. The minimum Gasteiger partial charge on any atom is -0.493 e. The molecule has 1 fully saturated rings. The Morgan fingerprint density at radius 3 is 2.44 bits per heavy atom. The summed E-state index contributed by atoms with van der Waals surface area (Å²) in [7, 11) is 3.00. The average molecular weight is 393 g/mol. The molecule has 3 amide bonds. The lowest BCUT2D eigenvalue weighted by Crippen LogP contribution is -2.40. The highest BCUT2D eigenvalue weighted by atomic mass is 35.5. The summed E-state index contributed by atoms with van der Waals surface area (Å²) in [6, 6.07) is 8.26. The molecule has 1 aliphatic rings. The third-order valence-electron chi connectivity index (χ3n) is 4.58. The summed E-state index contributed by atoms with van der Waals surface area (Å²) >= 11 is 6.02. The Balaban J connectivity index is 1.92. The fourth-order valence-electron chi connectivity index (χ4n) is 3.00. The number of nitrogens with one attached hydrogen (secondary N) is 1. The van der Waals surface area contributed by atoms with Gasteiger partial charge in [-0.25, -0.2) is 9.18 Å². The normalized spacial score (nSPS) is 19.2. The fourth-order valence-corrected chi connectivity index (χ4v) is 3.23. The number of carbonyl (C=O) groups excluding carboxylic acids is 2. The number of hydrogen-bond acceptors (Lipinski definition) is 4. The summed E-state index contributed by atoms with van der Waals surface area (Å²) in [5.74, 6) is 0.0195. The van der Waals surface area contributed by atoms with Crippen molar-refractivity contribution < 1.29 is 23.5 Å². The first kappa shape index (κ1) is 19.0. The van der Waals surface area contributed by atoms with Crippen LogP contribution in [-0.2, 0) is 16.9 Å². The highest BCUT2D eigenvalue weighted by molar-refractivity contribution is 6.31. The van der Waals surface area contributed by atoms with E-state index in [0.29, 0.717) is 22.6 Å². The Morgan fingerprint density at radius 2 is 1.81 bits per heavy atom. The number of nitrogens with zero attached hydrogens (tertiary/aromatic N) is 1. The highest BCUT2D eigenvalue weighted by Gasteiger charge is 2.49. The number of ether oxygens (including phenoxy) is 2. The predicted octanol–water partition coefficient (Wildman–Crippen LogP) is 3.46. The van der Waals surface area contributed by atoms with Gasteiger partial charge in [0.05, 0.1) is 20.8 Å². The van der Waals surface area contributed by atoms with E-state index in [1.54, 1.807) is 25.1 Å². The first-order valence-corrected chi connectivity index (χ1v) is 8.48. The van der Waals surface area contributed by atoms with Crippen molar-refractivity contribution in [3.8, 4) is 11.5 Å². The van der Waals surface area contributed by atoms with E-state index >= 15 is 0 Å². The van der Waals surface area contributed by atoms with Crippen LogP contribution in [0.5, 0.6) is 11.5 Å². The average Bonchev–Trinajstić information content (AvgIpc) is 2.87. The van der Waals surface area contributed by atoms with Crippen molar-refractivity contribution in [2.45, 2.75) is 19.0 Å². The summed E-state index contributed by atoms with van der Waals surface area (Å²) < 4.78 is 23.7. The second-order valence-corrected chi connectivity index (χ2v) is 6.66. The Bertz CT molecular complexity index is 921. The van der Waals surface area contributed by atoms with Gasteiger partial charge >= 0.3 is 6.03 Å². The van der Waals surface area contributed by atoms with E-state index in [-0.39, 0.29) is 11.6 Å². The molecule has 1 heterocycles. The Kier molecular flexibility index (Phi) is 4.97. The van der Waals surface area contributed by atoms with Gasteiger partial charge in [0.15, 0.2) is 11.5 Å². The number of imide groups is 1. The van der Waals surface area contributed by atoms with Crippen molar-refractivity contribution in [1.82, 2.24) is 10.2 Å². The van der Waals surface area contributed by atoms with Crippen molar-refractivity contribution >= 4 is 23.5 Å². The van der Waals surface area contributed by atoms with E-state index in [4.69, 9.17) is 21.1 Å². The molecule has 2 aromatic rings. The van der Waals surface area contributed by atoms with Crippen LogP contribution < -0.4 is 14.8 Å². The quantitative estimate of drug-likeness (QED) is 0.791. The molecular formula is C19H18ClFN2O4.